The highest BCUT2D eigenvalue weighted by molar-refractivity contribution is 5.82. The molecular formula is C17H25F2N3O. The van der Waals surface area contributed by atoms with E-state index in [2.05, 4.69) is 15.2 Å². The highest BCUT2D eigenvalue weighted by atomic mass is 19.3. The third kappa shape index (κ3) is 4.47. The summed E-state index contributed by atoms with van der Waals surface area (Å²) in [7, 11) is 0. The summed E-state index contributed by atoms with van der Waals surface area (Å²) in [6.07, 6.45) is -0.126. The summed E-state index contributed by atoms with van der Waals surface area (Å²) in [6, 6.07) is 5.79. The lowest BCUT2D eigenvalue weighted by molar-refractivity contribution is -0.139. The van der Waals surface area contributed by atoms with Gasteiger partial charge in [0.1, 0.15) is 5.41 Å². The highest BCUT2D eigenvalue weighted by Crippen LogP contribution is 2.26. The van der Waals surface area contributed by atoms with E-state index in [4.69, 9.17) is 0 Å². The summed E-state index contributed by atoms with van der Waals surface area (Å²) < 4.78 is 25.9. The molecule has 0 aliphatic carbocycles. The largest absolute Gasteiger partial charge is 0.352 e. The molecule has 1 N–H and O–H groups in total. The molecule has 1 aromatic rings. The third-order valence-electron chi connectivity index (χ3n) is 4.55. The van der Waals surface area contributed by atoms with E-state index in [1.807, 2.05) is 25.1 Å². The Kier molecular flexibility index (Phi) is 5.68. The quantitative estimate of drug-likeness (QED) is 0.905. The Morgan fingerprint density at radius 1 is 1.48 bits per heavy atom. The molecule has 4 nitrogen and oxygen atoms in total. The van der Waals surface area contributed by atoms with Crippen LogP contribution in [-0.2, 0) is 11.3 Å². The van der Waals surface area contributed by atoms with E-state index in [0.717, 1.165) is 31.7 Å². The lowest BCUT2D eigenvalue weighted by atomic mass is 9.89. The monoisotopic (exact) mass is 325 g/mol. The number of halogens is 2. The van der Waals surface area contributed by atoms with Crippen LogP contribution in [0.5, 0.6) is 0 Å². The molecule has 0 aromatic carbocycles. The maximum atomic E-state index is 12.9. The number of rotatable bonds is 5. The van der Waals surface area contributed by atoms with Gasteiger partial charge in [0, 0.05) is 31.9 Å². The summed E-state index contributed by atoms with van der Waals surface area (Å²) in [5, 5.41) is 2.81. The summed E-state index contributed by atoms with van der Waals surface area (Å²) in [6.45, 7) is 7.03. The molecule has 1 aromatic heterocycles. The fourth-order valence-corrected chi connectivity index (χ4v) is 2.76. The number of hydrogen-bond donors (Lipinski definition) is 1. The first kappa shape index (κ1) is 17.8. The smallest absolute Gasteiger partial charge is 0.252 e. The van der Waals surface area contributed by atoms with Gasteiger partial charge in [-0.25, -0.2) is 8.78 Å². The maximum Gasteiger partial charge on any atom is 0.252 e. The van der Waals surface area contributed by atoms with E-state index >= 15 is 0 Å². The van der Waals surface area contributed by atoms with E-state index in [0.29, 0.717) is 0 Å². The SMILES string of the molecule is C[C@@H]1CN(Cc2ccccn2)CC[C@H]1NC(=O)C(C)(C)C(F)F. The van der Waals surface area contributed by atoms with Crippen LogP contribution in [0, 0.1) is 11.3 Å². The van der Waals surface area contributed by atoms with Gasteiger partial charge in [-0.2, -0.15) is 0 Å². The van der Waals surface area contributed by atoms with Crippen molar-refractivity contribution in [3.8, 4) is 0 Å². The van der Waals surface area contributed by atoms with E-state index in [1.165, 1.54) is 13.8 Å². The molecule has 0 spiro atoms. The average Bonchev–Trinajstić information content (AvgIpc) is 2.50. The van der Waals surface area contributed by atoms with Crippen molar-refractivity contribution in [3.05, 3.63) is 30.1 Å². The van der Waals surface area contributed by atoms with Gasteiger partial charge in [0.05, 0.1) is 5.69 Å². The second-order valence-corrected chi connectivity index (χ2v) is 6.92. The van der Waals surface area contributed by atoms with Crippen molar-refractivity contribution < 1.29 is 13.6 Å². The van der Waals surface area contributed by atoms with Crippen molar-refractivity contribution in [2.45, 2.75) is 46.2 Å². The molecule has 0 bridgehead atoms. The number of likely N-dealkylation sites (tertiary alicyclic amines) is 1. The molecule has 6 heteroatoms. The van der Waals surface area contributed by atoms with Gasteiger partial charge in [0.25, 0.3) is 6.43 Å². The number of aromatic nitrogens is 1. The molecule has 23 heavy (non-hydrogen) atoms. The average molecular weight is 325 g/mol. The van der Waals surface area contributed by atoms with Crippen LogP contribution in [0.2, 0.25) is 0 Å². The van der Waals surface area contributed by atoms with Crippen molar-refractivity contribution in [3.63, 3.8) is 0 Å². The molecule has 2 atom stereocenters. The Morgan fingerprint density at radius 2 is 2.22 bits per heavy atom. The van der Waals surface area contributed by atoms with Crippen molar-refractivity contribution >= 4 is 5.91 Å². The summed E-state index contributed by atoms with van der Waals surface area (Å²) in [4.78, 5) is 18.7. The first-order chi connectivity index (χ1) is 10.8. The van der Waals surface area contributed by atoms with Gasteiger partial charge >= 0.3 is 0 Å². The van der Waals surface area contributed by atoms with Crippen LogP contribution < -0.4 is 5.32 Å². The van der Waals surface area contributed by atoms with Crippen molar-refractivity contribution in [2.75, 3.05) is 13.1 Å². The lowest BCUT2D eigenvalue weighted by Crippen LogP contribution is -2.53. The molecule has 2 rings (SSSR count). The van der Waals surface area contributed by atoms with Crippen LogP contribution in [0.25, 0.3) is 0 Å². The Hall–Kier alpha value is -1.56. The van der Waals surface area contributed by atoms with Crippen molar-refractivity contribution in [1.29, 1.82) is 0 Å². The van der Waals surface area contributed by atoms with Crippen molar-refractivity contribution in [1.82, 2.24) is 15.2 Å². The Balaban J connectivity index is 1.88. The molecule has 1 aliphatic rings. The number of carbonyl (C=O) groups is 1. The van der Waals surface area contributed by atoms with E-state index in [-0.39, 0.29) is 12.0 Å². The second-order valence-electron chi connectivity index (χ2n) is 6.92. The van der Waals surface area contributed by atoms with Crippen LogP contribution >= 0.6 is 0 Å². The number of nitrogens with one attached hydrogen (secondary N) is 1. The predicted octanol–water partition coefficient (Wildman–Crippen LogP) is 2.70. The zero-order chi connectivity index (χ0) is 17.0. The first-order valence-corrected chi connectivity index (χ1v) is 8.02. The standard InChI is InChI=1S/C17H25F2N3O/c1-12-10-22(11-13-6-4-5-8-20-13)9-7-14(12)21-16(23)17(2,3)15(18)19/h4-6,8,12,14-15H,7,9-11H2,1-3H3,(H,21,23)/t12-,14-/m1/s1. The van der Waals surface area contributed by atoms with Gasteiger partial charge in [-0.05, 0) is 38.3 Å². The van der Waals surface area contributed by atoms with Crippen LogP contribution in [0.1, 0.15) is 32.9 Å². The molecule has 2 heterocycles. The van der Waals surface area contributed by atoms with Crippen LogP contribution in [0.3, 0.4) is 0 Å². The van der Waals surface area contributed by atoms with Gasteiger partial charge in [-0.3, -0.25) is 14.7 Å². The molecule has 0 unspecified atom stereocenters. The third-order valence-corrected chi connectivity index (χ3v) is 4.55. The molecule has 0 radical (unpaired) electrons. The van der Waals surface area contributed by atoms with Crippen molar-refractivity contribution in [2.24, 2.45) is 11.3 Å². The summed E-state index contributed by atoms with van der Waals surface area (Å²) in [5.74, 6) is -0.354. The molecule has 1 amide bonds. The number of carbonyl (C=O) groups excluding carboxylic acids is 1. The fourth-order valence-electron chi connectivity index (χ4n) is 2.76. The number of nitrogens with zero attached hydrogens (tertiary/aromatic N) is 2. The fraction of sp³-hybridized carbons (Fsp3) is 0.647. The Bertz CT molecular complexity index is 522. The zero-order valence-corrected chi connectivity index (χ0v) is 13.9. The summed E-state index contributed by atoms with van der Waals surface area (Å²) in [5.41, 5.74) is -0.633. The van der Waals surface area contributed by atoms with Gasteiger partial charge in [0.2, 0.25) is 5.91 Å². The maximum absolute atomic E-state index is 12.9. The van der Waals surface area contributed by atoms with E-state index in [9.17, 15) is 13.6 Å². The highest BCUT2D eigenvalue weighted by Gasteiger charge is 2.39. The number of piperidine rings is 1. The van der Waals surface area contributed by atoms with Crippen LogP contribution in [0.4, 0.5) is 8.78 Å². The van der Waals surface area contributed by atoms with E-state index in [1.54, 1.807) is 6.20 Å². The predicted molar refractivity (Wildman–Crippen MR) is 85.0 cm³/mol. The van der Waals surface area contributed by atoms with Crippen LogP contribution in [0.15, 0.2) is 24.4 Å². The molecule has 1 aliphatic heterocycles. The van der Waals surface area contributed by atoms with E-state index < -0.39 is 17.7 Å². The molecule has 128 valence electrons. The molecule has 0 saturated carbocycles. The normalized spacial score (nSPS) is 23.0. The minimum absolute atomic E-state index is 0.0551. The topological polar surface area (TPSA) is 45.2 Å². The second kappa shape index (κ2) is 7.34. The Labute approximate surface area is 136 Å². The minimum atomic E-state index is -2.66. The zero-order valence-electron chi connectivity index (χ0n) is 13.9. The van der Waals surface area contributed by atoms with Crippen LogP contribution in [-0.4, -0.2) is 41.3 Å². The lowest BCUT2D eigenvalue weighted by Gasteiger charge is -2.38. The first-order valence-electron chi connectivity index (χ1n) is 8.02. The number of amides is 1. The number of pyridine rings is 1. The molecule has 1 saturated heterocycles. The Morgan fingerprint density at radius 3 is 2.78 bits per heavy atom. The van der Waals surface area contributed by atoms with Gasteiger partial charge in [-0.15, -0.1) is 0 Å². The van der Waals surface area contributed by atoms with Gasteiger partial charge < -0.3 is 5.32 Å². The van der Waals surface area contributed by atoms with Gasteiger partial charge in [-0.1, -0.05) is 13.0 Å². The number of alkyl halides is 2. The van der Waals surface area contributed by atoms with Gasteiger partial charge in [0.15, 0.2) is 0 Å². The molecular weight excluding hydrogens is 300 g/mol. The minimum Gasteiger partial charge on any atom is -0.352 e. The number of hydrogen-bond acceptors (Lipinski definition) is 3. The summed E-state index contributed by atoms with van der Waals surface area (Å²) >= 11 is 0. The molecule has 1 fully saturated rings.